The predicted octanol–water partition coefficient (Wildman–Crippen LogP) is 3.56. The Labute approximate surface area is 215 Å². The third-order valence-corrected chi connectivity index (χ3v) is 9.64. The fourth-order valence-electron chi connectivity index (χ4n) is 6.27. The Kier molecular flexibility index (Phi) is 4.95. The molecule has 1 saturated carbocycles. The number of hydrogen-bond donors (Lipinski definition) is 2. The molecule has 2 amide bonds. The van der Waals surface area contributed by atoms with E-state index in [1.165, 1.54) is 17.3 Å². The maximum Gasteiger partial charge on any atom is 0.276 e. The molecule has 1 spiro atoms. The Morgan fingerprint density at radius 2 is 2.00 bits per heavy atom. The van der Waals surface area contributed by atoms with Crippen LogP contribution in [0, 0.1) is 5.92 Å². The monoisotopic (exact) mass is 524 g/mol. The van der Waals surface area contributed by atoms with Crippen molar-refractivity contribution in [2.24, 2.45) is 5.92 Å². The number of anilines is 2. The number of nitrogens with zero attached hydrogens (tertiary/aromatic N) is 4. The second kappa shape index (κ2) is 8.01. The van der Waals surface area contributed by atoms with Gasteiger partial charge in [-0.15, -0.1) is 11.3 Å². The molecule has 5 heterocycles. The molecule has 0 aromatic carbocycles. The standard InChI is InChI=1S/C25H25ClN6O3S/c26-15-11-16(24(35)32-19(15)21(33)30-25(32)6-1-2-7-25)29-20-18-14-5-4-13(23(34)31-8-3-9-31)10-17(14)36-22(18)28-12-27-20/h11-13H,1-10H2,(H,30,33)(H,27,28,29)/t13-/m0/s1. The quantitative estimate of drug-likeness (QED) is 0.542. The van der Waals surface area contributed by atoms with Crippen LogP contribution in [0.4, 0.5) is 11.5 Å². The lowest BCUT2D eigenvalue weighted by molar-refractivity contribution is -0.139. The number of aryl methyl sites for hydroxylation is 1. The lowest BCUT2D eigenvalue weighted by Crippen LogP contribution is -2.46. The molecule has 36 heavy (non-hydrogen) atoms. The highest BCUT2D eigenvalue weighted by Gasteiger charge is 2.47. The molecular weight excluding hydrogens is 500 g/mol. The molecule has 7 rings (SSSR count). The number of nitrogens with one attached hydrogen (secondary N) is 2. The van der Waals surface area contributed by atoms with Gasteiger partial charge in [-0.3, -0.25) is 19.0 Å². The summed E-state index contributed by atoms with van der Waals surface area (Å²) < 4.78 is 1.56. The summed E-state index contributed by atoms with van der Waals surface area (Å²) in [4.78, 5) is 52.1. The molecule has 4 aliphatic rings. The number of amides is 2. The summed E-state index contributed by atoms with van der Waals surface area (Å²) in [5, 5.41) is 7.40. The van der Waals surface area contributed by atoms with Gasteiger partial charge in [0, 0.05) is 23.9 Å². The van der Waals surface area contributed by atoms with E-state index in [1.807, 2.05) is 4.90 Å². The maximum atomic E-state index is 13.7. The number of pyridine rings is 1. The van der Waals surface area contributed by atoms with E-state index in [-0.39, 0.29) is 39.7 Å². The Balaban J connectivity index is 1.27. The van der Waals surface area contributed by atoms with Crippen LogP contribution in [-0.2, 0) is 23.3 Å². The third kappa shape index (κ3) is 3.16. The highest BCUT2D eigenvalue weighted by atomic mass is 35.5. The molecule has 186 valence electrons. The van der Waals surface area contributed by atoms with Crippen molar-refractivity contribution in [3.8, 4) is 0 Å². The maximum absolute atomic E-state index is 13.7. The van der Waals surface area contributed by atoms with Gasteiger partial charge in [-0.05, 0) is 63.0 Å². The molecule has 2 N–H and O–H groups in total. The Morgan fingerprint density at radius 3 is 2.75 bits per heavy atom. The van der Waals surface area contributed by atoms with Crippen molar-refractivity contribution in [2.75, 3.05) is 18.4 Å². The van der Waals surface area contributed by atoms with Crippen LogP contribution in [-0.4, -0.2) is 44.3 Å². The van der Waals surface area contributed by atoms with Crippen molar-refractivity contribution in [1.82, 2.24) is 24.8 Å². The molecule has 9 nitrogen and oxygen atoms in total. The second-order valence-corrected chi connectivity index (χ2v) is 11.7. The lowest BCUT2D eigenvalue weighted by Gasteiger charge is -2.35. The SMILES string of the molecule is O=C1NC2(CCCC2)n2c1c(Cl)cc(Nc1ncnc3sc4c(c13)CC[C@H](C(=O)N1CCC1)C4)c2=O. The Morgan fingerprint density at radius 1 is 1.19 bits per heavy atom. The van der Waals surface area contributed by atoms with Crippen LogP contribution in [0.25, 0.3) is 10.2 Å². The number of fused-ring (bicyclic) bond motifs is 5. The second-order valence-electron chi connectivity index (χ2n) is 10.2. The summed E-state index contributed by atoms with van der Waals surface area (Å²) in [6, 6.07) is 1.53. The van der Waals surface area contributed by atoms with E-state index in [1.54, 1.807) is 15.9 Å². The average molecular weight is 525 g/mol. The zero-order valence-corrected chi connectivity index (χ0v) is 21.2. The van der Waals surface area contributed by atoms with E-state index in [0.29, 0.717) is 18.7 Å². The van der Waals surface area contributed by atoms with Gasteiger partial charge >= 0.3 is 0 Å². The number of aromatic nitrogens is 3. The largest absolute Gasteiger partial charge is 0.342 e. The summed E-state index contributed by atoms with van der Waals surface area (Å²) in [6.45, 7) is 1.74. The zero-order valence-electron chi connectivity index (χ0n) is 19.6. The van der Waals surface area contributed by atoms with E-state index >= 15 is 0 Å². The summed E-state index contributed by atoms with van der Waals surface area (Å²) in [5.74, 6) is 0.530. The molecule has 0 unspecified atom stereocenters. The first-order valence-electron chi connectivity index (χ1n) is 12.5. The van der Waals surface area contributed by atoms with Gasteiger partial charge in [-0.2, -0.15) is 0 Å². The van der Waals surface area contributed by atoms with Gasteiger partial charge in [0.25, 0.3) is 11.5 Å². The van der Waals surface area contributed by atoms with Gasteiger partial charge < -0.3 is 15.5 Å². The summed E-state index contributed by atoms with van der Waals surface area (Å²) in [7, 11) is 0. The Hall–Kier alpha value is -2.98. The number of halogens is 1. The first-order valence-corrected chi connectivity index (χ1v) is 13.7. The summed E-state index contributed by atoms with van der Waals surface area (Å²) >= 11 is 8.14. The molecule has 0 radical (unpaired) electrons. The van der Waals surface area contributed by atoms with Crippen LogP contribution < -0.4 is 16.2 Å². The van der Waals surface area contributed by atoms with E-state index < -0.39 is 5.66 Å². The number of rotatable bonds is 3. The molecule has 2 fully saturated rings. The highest BCUT2D eigenvalue weighted by molar-refractivity contribution is 7.19. The van der Waals surface area contributed by atoms with Crippen LogP contribution in [0.15, 0.2) is 17.2 Å². The number of likely N-dealkylation sites (tertiary alicyclic amines) is 1. The van der Waals surface area contributed by atoms with Crippen LogP contribution in [0.5, 0.6) is 0 Å². The van der Waals surface area contributed by atoms with E-state index in [9.17, 15) is 14.4 Å². The van der Waals surface area contributed by atoms with Gasteiger partial charge in [-0.1, -0.05) is 11.6 Å². The van der Waals surface area contributed by atoms with Gasteiger partial charge in [-0.25, -0.2) is 9.97 Å². The van der Waals surface area contributed by atoms with Crippen molar-refractivity contribution in [2.45, 2.75) is 57.0 Å². The fraction of sp³-hybridized carbons (Fsp3) is 0.480. The predicted molar refractivity (Wildman–Crippen MR) is 137 cm³/mol. The fourth-order valence-corrected chi connectivity index (χ4v) is 7.81. The topological polar surface area (TPSA) is 109 Å². The molecular formula is C25H25ClN6O3S. The summed E-state index contributed by atoms with van der Waals surface area (Å²) in [6.07, 6.45) is 8.16. The van der Waals surface area contributed by atoms with Crippen molar-refractivity contribution >= 4 is 56.5 Å². The van der Waals surface area contributed by atoms with Crippen LogP contribution >= 0.6 is 22.9 Å². The molecule has 2 aliphatic carbocycles. The van der Waals surface area contributed by atoms with E-state index in [2.05, 4.69) is 20.6 Å². The molecule has 1 atom stereocenters. The van der Waals surface area contributed by atoms with E-state index in [0.717, 1.165) is 67.4 Å². The van der Waals surface area contributed by atoms with Crippen molar-refractivity contribution in [3.05, 3.63) is 43.9 Å². The molecule has 1 saturated heterocycles. The van der Waals surface area contributed by atoms with Gasteiger partial charge in [0.2, 0.25) is 5.91 Å². The first kappa shape index (κ1) is 22.2. The lowest BCUT2D eigenvalue weighted by atomic mass is 9.86. The third-order valence-electron chi connectivity index (χ3n) is 8.19. The van der Waals surface area contributed by atoms with Crippen LogP contribution in [0.3, 0.4) is 0 Å². The molecule has 0 bridgehead atoms. The molecule has 3 aromatic rings. The number of carbonyl (C=O) groups excluding carboxylic acids is 2. The van der Waals surface area contributed by atoms with Gasteiger partial charge in [0.1, 0.15) is 34.0 Å². The number of carbonyl (C=O) groups is 2. The minimum absolute atomic E-state index is 0.0167. The molecule has 11 heteroatoms. The van der Waals surface area contributed by atoms with Crippen molar-refractivity contribution in [1.29, 1.82) is 0 Å². The number of hydrogen-bond acceptors (Lipinski definition) is 7. The first-order chi connectivity index (χ1) is 17.4. The van der Waals surface area contributed by atoms with Crippen molar-refractivity contribution in [3.63, 3.8) is 0 Å². The number of thiophene rings is 1. The van der Waals surface area contributed by atoms with E-state index in [4.69, 9.17) is 11.6 Å². The molecule has 3 aromatic heterocycles. The summed E-state index contributed by atoms with van der Waals surface area (Å²) in [5.41, 5.74) is 0.680. The zero-order chi connectivity index (χ0) is 24.6. The van der Waals surface area contributed by atoms with Gasteiger partial charge in [0.15, 0.2) is 0 Å². The van der Waals surface area contributed by atoms with Gasteiger partial charge in [0.05, 0.1) is 10.4 Å². The normalized spacial score (nSPS) is 21.9. The minimum atomic E-state index is -0.703. The van der Waals surface area contributed by atoms with Crippen molar-refractivity contribution < 1.29 is 9.59 Å². The average Bonchev–Trinajstić information content (AvgIpc) is 3.51. The highest BCUT2D eigenvalue weighted by Crippen LogP contribution is 2.42. The molecule has 2 aliphatic heterocycles. The Bertz CT molecular complexity index is 1500. The smallest absolute Gasteiger partial charge is 0.276 e. The van der Waals surface area contributed by atoms with Crippen LogP contribution in [0.2, 0.25) is 5.02 Å². The minimum Gasteiger partial charge on any atom is -0.342 e. The van der Waals surface area contributed by atoms with Crippen LogP contribution in [0.1, 0.15) is 59.5 Å².